The zero-order valence-corrected chi connectivity index (χ0v) is 13.4. The third-order valence-corrected chi connectivity index (χ3v) is 3.75. The molecule has 0 fully saturated rings. The topological polar surface area (TPSA) is 133 Å². The second-order valence-electron chi connectivity index (χ2n) is 5.45. The normalized spacial score (nSPS) is 10.7. The first kappa shape index (κ1) is 17.3. The van der Waals surface area contributed by atoms with E-state index in [1.807, 2.05) is 6.92 Å². The van der Waals surface area contributed by atoms with E-state index in [0.29, 0.717) is 12.8 Å². The molecule has 128 valence electrons. The van der Waals surface area contributed by atoms with Gasteiger partial charge in [-0.3, -0.25) is 13.9 Å². The SMILES string of the molecule is CCCn1c(=O)c(N)c(N)n(CCc2cccc(C(=O)O)c2)c1=O. The molecule has 2 aromatic rings. The van der Waals surface area contributed by atoms with Crippen LogP contribution in [0.5, 0.6) is 0 Å². The lowest BCUT2D eigenvalue weighted by atomic mass is 10.1. The molecule has 1 aromatic carbocycles. The largest absolute Gasteiger partial charge is 0.478 e. The van der Waals surface area contributed by atoms with E-state index in [1.54, 1.807) is 12.1 Å². The van der Waals surface area contributed by atoms with Crippen LogP contribution in [0.2, 0.25) is 0 Å². The molecule has 1 heterocycles. The van der Waals surface area contributed by atoms with Gasteiger partial charge in [0.25, 0.3) is 5.56 Å². The number of rotatable bonds is 6. The predicted octanol–water partition coefficient (Wildman–Crippen LogP) is 0.525. The highest BCUT2D eigenvalue weighted by Crippen LogP contribution is 2.10. The maximum Gasteiger partial charge on any atom is 0.335 e. The van der Waals surface area contributed by atoms with E-state index in [-0.39, 0.29) is 30.2 Å². The zero-order chi connectivity index (χ0) is 17.9. The molecule has 8 heteroatoms. The number of carboxylic acids is 1. The number of aromatic carboxylic acids is 1. The van der Waals surface area contributed by atoms with Crippen molar-refractivity contribution in [3.05, 3.63) is 56.2 Å². The van der Waals surface area contributed by atoms with Crippen LogP contribution in [0.3, 0.4) is 0 Å². The number of benzene rings is 1. The van der Waals surface area contributed by atoms with Crippen LogP contribution >= 0.6 is 0 Å². The van der Waals surface area contributed by atoms with Gasteiger partial charge in [0.2, 0.25) is 0 Å². The molecular formula is C16H20N4O4. The van der Waals surface area contributed by atoms with Crippen LogP contribution in [0.1, 0.15) is 29.3 Å². The van der Waals surface area contributed by atoms with Crippen molar-refractivity contribution in [3.63, 3.8) is 0 Å². The van der Waals surface area contributed by atoms with Crippen LogP contribution in [-0.4, -0.2) is 20.2 Å². The van der Waals surface area contributed by atoms with Crippen LogP contribution < -0.4 is 22.7 Å². The molecule has 0 saturated heterocycles. The first-order valence-corrected chi connectivity index (χ1v) is 7.57. The van der Waals surface area contributed by atoms with Crippen molar-refractivity contribution in [1.29, 1.82) is 0 Å². The van der Waals surface area contributed by atoms with E-state index in [0.717, 1.165) is 10.1 Å². The van der Waals surface area contributed by atoms with Gasteiger partial charge < -0.3 is 16.6 Å². The fourth-order valence-electron chi connectivity index (χ4n) is 2.47. The fourth-order valence-corrected chi connectivity index (χ4v) is 2.47. The average molecular weight is 332 g/mol. The Bertz CT molecular complexity index is 883. The standard InChI is InChI=1S/C16H20N4O4/c1-2-7-20-14(21)12(17)13(18)19(16(20)24)8-6-10-4-3-5-11(9-10)15(22)23/h3-5,9H,2,6-8,17-18H2,1H3,(H,22,23). The predicted molar refractivity (Wildman–Crippen MR) is 91.2 cm³/mol. The quantitative estimate of drug-likeness (QED) is 0.706. The van der Waals surface area contributed by atoms with E-state index in [1.165, 1.54) is 16.7 Å². The number of carboxylic acid groups (broad SMARTS) is 1. The molecule has 0 saturated carbocycles. The lowest BCUT2D eigenvalue weighted by molar-refractivity contribution is 0.0696. The van der Waals surface area contributed by atoms with Crippen molar-refractivity contribution in [1.82, 2.24) is 9.13 Å². The lowest BCUT2D eigenvalue weighted by Crippen LogP contribution is -2.42. The van der Waals surface area contributed by atoms with Crippen LogP contribution in [0.25, 0.3) is 0 Å². The summed E-state index contributed by atoms with van der Waals surface area (Å²) in [7, 11) is 0. The molecule has 0 unspecified atom stereocenters. The molecule has 0 amide bonds. The number of aryl methyl sites for hydroxylation is 1. The van der Waals surface area contributed by atoms with Gasteiger partial charge in [0.1, 0.15) is 11.5 Å². The summed E-state index contributed by atoms with van der Waals surface area (Å²) < 4.78 is 2.32. The van der Waals surface area contributed by atoms with Crippen LogP contribution in [0, 0.1) is 0 Å². The number of nitrogen functional groups attached to an aromatic ring is 2. The zero-order valence-electron chi connectivity index (χ0n) is 13.4. The van der Waals surface area contributed by atoms with Crippen molar-refractivity contribution in [2.24, 2.45) is 0 Å². The number of hydrogen-bond acceptors (Lipinski definition) is 5. The minimum Gasteiger partial charge on any atom is -0.478 e. The van der Waals surface area contributed by atoms with Crippen molar-refractivity contribution in [3.8, 4) is 0 Å². The Balaban J connectivity index is 2.37. The van der Waals surface area contributed by atoms with Gasteiger partial charge in [-0.15, -0.1) is 0 Å². The van der Waals surface area contributed by atoms with E-state index >= 15 is 0 Å². The van der Waals surface area contributed by atoms with Gasteiger partial charge in [0, 0.05) is 13.1 Å². The number of anilines is 2. The molecular weight excluding hydrogens is 312 g/mol. The Morgan fingerprint density at radius 2 is 1.88 bits per heavy atom. The second-order valence-corrected chi connectivity index (χ2v) is 5.45. The molecule has 0 radical (unpaired) electrons. The maximum absolute atomic E-state index is 12.4. The summed E-state index contributed by atoms with van der Waals surface area (Å²) >= 11 is 0. The van der Waals surface area contributed by atoms with Crippen LogP contribution in [-0.2, 0) is 19.5 Å². The lowest BCUT2D eigenvalue weighted by Gasteiger charge is -2.14. The van der Waals surface area contributed by atoms with Crippen molar-refractivity contribution in [2.45, 2.75) is 32.9 Å². The van der Waals surface area contributed by atoms with E-state index in [9.17, 15) is 14.4 Å². The maximum atomic E-state index is 12.4. The Morgan fingerprint density at radius 1 is 1.17 bits per heavy atom. The molecule has 0 aliphatic heterocycles. The first-order chi connectivity index (χ1) is 11.4. The van der Waals surface area contributed by atoms with E-state index < -0.39 is 17.2 Å². The number of aromatic nitrogens is 2. The van der Waals surface area contributed by atoms with Crippen molar-refractivity contribution < 1.29 is 9.90 Å². The third kappa shape index (κ3) is 3.32. The van der Waals surface area contributed by atoms with Gasteiger partial charge in [0.15, 0.2) is 0 Å². The highest BCUT2D eigenvalue weighted by Gasteiger charge is 2.14. The highest BCUT2D eigenvalue weighted by molar-refractivity contribution is 5.87. The smallest absolute Gasteiger partial charge is 0.335 e. The molecule has 0 aliphatic rings. The monoisotopic (exact) mass is 332 g/mol. The minimum absolute atomic E-state index is 0.0632. The summed E-state index contributed by atoms with van der Waals surface area (Å²) in [5.74, 6) is -1.08. The molecule has 0 bridgehead atoms. The molecule has 0 spiro atoms. The molecule has 5 N–H and O–H groups in total. The number of nitrogens with two attached hydrogens (primary N) is 2. The number of nitrogens with zero attached hydrogens (tertiary/aromatic N) is 2. The molecule has 24 heavy (non-hydrogen) atoms. The van der Waals surface area contributed by atoms with E-state index in [2.05, 4.69) is 0 Å². The Morgan fingerprint density at radius 3 is 2.50 bits per heavy atom. The first-order valence-electron chi connectivity index (χ1n) is 7.57. The van der Waals surface area contributed by atoms with Crippen molar-refractivity contribution in [2.75, 3.05) is 11.5 Å². The van der Waals surface area contributed by atoms with Crippen LogP contribution in [0.4, 0.5) is 11.5 Å². The van der Waals surface area contributed by atoms with E-state index in [4.69, 9.17) is 16.6 Å². The molecule has 0 aliphatic carbocycles. The summed E-state index contributed by atoms with van der Waals surface area (Å²) in [5, 5.41) is 9.02. The van der Waals surface area contributed by atoms with Gasteiger partial charge in [-0.1, -0.05) is 19.1 Å². The second kappa shape index (κ2) is 7.03. The number of carbonyl (C=O) groups is 1. The van der Waals surface area contributed by atoms with Crippen molar-refractivity contribution >= 4 is 17.5 Å². The Kier molecular flexibility index (Phi) is 5.08. The van der Waals surface area contributed by atoms with Gasteiger partial charge in [-0.25, -0.2) is 9.59 Å². The number of hydrogen-bond donors (Lipinski definition) is 3. The van der Waals surface area contributed by atoms with Crippen LogP contribution in [0.15, 0.2) is 33.9 Å². The average Bonchev–Trinajstić information content (AvgIpc) is 2.57. The Hall–Kier alpha value is -3.03. The molecule has 8 nitrogen and oxygen atoms in total. The fraction of sp³-hybridized carbons (Fsp3) is 0.312. The minimum atomic E-state index is -1.02. The van der Waals surface area contributed by atoms with Gasteiger partial charge in [-0.05, 0) is 30.5 Å². The summed E-state index contributed by atoms with van der Waals surface area (Å²) in [4.78, 5) is 35.5. The summed E-state index contributed by atoms with van der Waals surface area (Å²) in [6.07, 6.45) is 0.994. The molecule has 1 aromatic heterocycles. The Labute approximate surface area is 137 Å². The van der Waals surface area contributed by atoms with Gasteiger partial charge in [0.05, 0.1) is 5.56 Å². The molecule has 2 rings (SSSR count). The van der Waals surface area contributed by atoms with Gasteiger partial charge >= 0.3 is 11.7 Å². The van der Waals surface area contributed by atoms with Gasteiger partial charge in [-0.2, -0.15) is 0 Å². The highest BCUT2D eigenvalue weighted by atomic mass is 16.4. The summed E-state index contributed by atoms with van der Waals surface area (Å²) in [5.41, 5.74) is 11.2. The third-order valence-electron chi connectivity index (χ3n) is 3.75. The molecule has 0 atom stereocenters. The summed E-state index contributed by atoms with van der Waals surface area (Å²) in [6, 6.07) is 6.43. The summed E-state index contributed by atoms with van der Waals surface area (Å²) in [6.45, 7) is 2.30.